The Balaban J connectivity index is 1.55. The van der Waals surface area contributed by atoms with Gasteiger partial charge in [0.2, 0.25) is 0 Å². The second kappa shape index (κ2) is 9.53. The topological polar surface area (TPSA) is 44.8 Å². The van der Waals surface area contributed by atoms with Crippen LogP contribution in [0.4, 0.5) is 0 Å². The van der Waals surface area contributed by atoms with Gasteiger partial charge in [-0.3, -0.25) is 9.69 Å². The smallest absolute Gasteiger partial charge is 0.258 e. The molecule has 1 aliphatic heterocycles. The van der Waals surface area contributed by atoms with Gasteiger partial charge in [-0.2, -0.15) is 0 Å². The predicted molar refractivity (Wildman–Crippen MR) is 108 cm³/mol. The van der Waals surface area contributed by atoms with Crippen LogP contribution < -0.4 is 10.1 Å². The van der Waals surface area contributed by atoms with Crippen molar-refractivity contribution in [2.45, 2.75) is 13.0 Å². The van der Waals surface area contributed by atoms with Crippen molar-refractivity contribution in [1.29, 1.82) is 0 Å². The highest BCUT2D eigenvalue weighted by Crippen LogP contribution is 2.21. The molecule has 1 atom stereocenters. The van der Waals surface area contributed by atoms with Gasteiger partial charge in [-0.25, -0.2) is 0 Å². The van der Waals surface area contributed by atoms with E-state index in [1.54, 1.807) is 0 Å². The van der Waals surface area contributed by atoms with Gasteiger partial charge in [0.05, 0.1) is 6.04 Å². The quantitative estimate of drug-likeness (QED) is 0.817. The third-order valence-corrected chi connectivity index (χ3v) is 5.05. The van der Waals surface area contributed by atoms with E-state index >= 15 is 0 Å². The molecule has 0 bridgehead atoms. The molecule has 1 unspecified atom stereocenters. The second-order valence-electron chi connectivity index (χ2n) is 7.17. The highest BCUT2D eigenvalue weighted by Gasteiger charge is 2.24. The van der Waals surface area contributed by atoms with E-state index < -0.39 is 0 Å². The molecule has 1 aliphatic rings. The van der Waals surface area contributed by atoms with Gasteiger partial charge < -0.3 is 15.0 Å². The molecular weight excluding hydrogens is 338 g/mol. The van der Waals surface area contributed by atoms with Crippen LogP contribution in [-0.2, 0) is 4.79 Å². The fourth-order valence-corrected chi connectivity index (χ4v) is 3.31. The lowest BCUT2D eigenvalue weighted by molar-refractivity contribution is -0.123. The van der Waals surface area contributed by atoms with E-state index in [2.05, 4.69) is 46.4 Å². The lowest BCUT2D eigenvalue weighted by atomic mass is 10.0. The van der Waals surface area contributed by atoms with Gasteiger partial charge >= 0.3 is 0 Å². The molecule has 0 spiro atoms. The molecule has 1 heterocycles. The first-order valence-electron chi connectivity index (χ1n) is 9.55. The van der Waals surface area contributed by atoms with Gasteiger partial charge in [-0.15, -0.1) is 0 Å². The number of piperazine rings is 1. The zero-order chi connectivity index (χ0) is 19.1. The van der Waals surface area contributed by atoms with E-state index in [1.165, 1.54) is 11.1 Å². The van der Waals surface area contributed by atoms with Gasteiger partial charge in [0.25, 0.3) is 5.91 Å². The summed E-state index contributed by atoms with van der Waals surface area (Å²) in [5, 5.41) is 3.05. The van der Waals surface area contributed by atoms with E-state index in [4.69, 9.17) is 4.74 Å². The minimum atomic E-state index is -0.0920. The Morgan fingerprint density at radius 2 is 1.70 bits per heavy atom. The van der Waals surface area contributed by atoms with E-state index in [-0.39, 0.29) is 18.6 Å². The number of likely N-dealkylation sites (N-methyl/N-ethyl adjacent to an activating group) is 1. The van der Waals surface area contributed by atoms with Crippen LogP contribution in [0, 0.1) is 6.92 Å². The third kappa shape index (κ3) is 5.81. The molecule has 1 N–H and O–H groups in total. The Hall–Kier alpha value is -2.37. The Labute approximate surface area is 161 Å². The van der Waals surface area contributed by atoms with Crippen molar-refractivity contribution in [1.82, 2.24) is 15.1 Å². The third-order valence-electron chi connectivity index (χ3n) is 5.05. The van der Waals surface area contributed by atoms with E-state index in [0.717, 1.165) is 31.9 Å². The Morgan fingerprint density at radius 3 is 2.37 bits per heavy atom. The summed E-state index contributed by atoms with van der Waals surface area (Å²) in [4.78, 5) is 17.1. The number of hydrogen-bond acceptors (Lipinski definition) is 4. The minimum absolute atomic E-state index is 0.0350. The summed E-state index contributed by atoms with van der Waals surface area (Å²) >= 11 is 0. The Morgan fingerprint density at radius 1 is 1.04 bits per heavy atom. The van der Waals surface area contributed by atoms with Crippen LogP contribution in [0.2, 0.25) is 0 Å². The normalized spacial score (nSPS) is 16.7. The lowest BCUT2D eigenvalue weighted by Gasteiger charge is -2.38. The summed E-state index contributed by atoms with van der Waals surface area (Å²) in [5.74, 6) is 0.625. The number of nitrogens with zero attached hydrogens (tertiary/aromatic N) is 2. The van der Waals surface area contributed by atoms with Crippen LogP contribution in [0.3, 0.4) is 0 Å². The zero-order valence-electron chi connectivity index (χ0n) is 16.2. The molecule has 5 heteroatoms. The zero-order valence-corrected chi connectivity index (χ0v) is 16.2. The second-order valence-corrected chi connectivity index (χ2v) is 7.17. The number of ether oxygens (including phenoxy) is 1. The van der Waals surface area contributed by atoms with Gasteiger partial charge in [0.15, 0.2) is 6.61 Å². The first-order chi connectivity index (χ1) is 13.1. The fraction of sp³-hybridized carbons (Fsp3) is 0.409. The molecule has 144 valence electrons. The number of benzene rings is 2. The van der Waals surface area contributed by atoms with Crippen molar-refractivity contribution in [2.24, 2.45) is 0 Å². The van der Waals surface area contributed by atoms with Gasteiger partial charge in [0.1, 0.15) is 5.75 Å². The Bertz CT molecular complexity index is 710. The average Bonchev–Trinajstić information content (AvgIpc) is 2.70. The van der Waals surface area contributed by atoms with Crippen molar-refractivity contribution in [3.8, 4) is 5.75 Å². The average molecular weight is 367 g/mol. The van der Waals surface area contributed by atoms with Gasteiger partial charge in [0, 0.05) is 32.7 Å². The molecule has 2 aromatic rings. The first-order valence-corrected chi connectivity index (χ1v) is 9.55. The maximum absolute atomic E-state index is 12.3. The first kappa shape index (κ1) is 19.4. The van der Waals surface area contributed by atoms with Crippen LogP contribution in [0.5, 0.6) is 5.75 Å². The van der Waals surface area contributed by atoms with Crippen LogP contribution in [0.15, 0.2) is 54.6 Å². The maximum atomic E-state index is 12.3. The fourth-order valence-electron chi connectivity index (χ4n) is 3.31. The summed E-state index contributed by atoms with van der Waals surface area (Å²) in [5.41, 5.74) is 2.41. The highest BCUT2D eigenvalue weighted by atomic mass is 16.5. The molecule has 3 rings (SSSR count). The SMILES string of the molecule is Cc1ccc(OCC(=O)NCC(c2ccccc2)N2CCN(C)CC2)cc1. The van der Waals surface area contributed by atoms with Crippen molar-refractivity contribution >= 4 is 5.91 Å². The highest BCUT2D eigenvalue weighted by molar-refractivity contribution is 5.77. The van der Waals surface area contributed by atoms with E-state index in [0.29, 0.717) is 6.54 Å². The van der Waals surface area contributed by atoms with Crippen molar-refractivity contribution in [3.63, 3.8) is 0 Å². The van der Waals surface area contributed by atoms with Crippen LogP contribution in [-0.4, -0.2) is 62.1 Å². The van der Waals surface area contributed by atoms with Crippen molar-refractivity contribution < 1.29 is 9.53 Å². The van der Waals surface area contributed by atoms with Crippen molar-refractivity contribution in [2.75, 3.05) is 46.4 Å². The number of amides is 1. The van der Waals surface area contributed by atoms with Gasteiger partial charge in [-0.1, -0.05) is 48.0 Å². The molecule has 1 amide bonds. The molecule has 27 heavy (non-hydrogen) atoms. The molecule has 1 saturated heterocycles. The number of nitrogens with one attached hydrogen (secondary N) is 1. The van der Waals surface area contributed by atoms with Gasteiger partial charge in [-0.05, 0) is 31.7 Å². The number of carbonyl (C=O) groups is 1. The Kier molecular flexibility index (Phi) is 6.85. The molecule has 0 saturated carbocycles. The maximum Gasteiger partial charge on any atom is 0.258 e. The predicted octanol–water partition coefficient (Wildman–Crippen LogP) is 2.48. The lowest BCUT2D eigenvalue weighted by Crippen LogP contribution is -2.48. The van der Waals surface area contributed by atoms with Crippen molar-refractivity contribution in [3.05, 3.63) is 65.7 Å². The summed E-state index contributed by atoms with van der Waals surface area (Å²) in [6.07, 6.45) is 0. The molecular formula is C22H29N3O2. The summed E-state index contributed by atoms with van der Waals surface area (Å²) in [7, 11) is 2.15. The summed E-state index contributed by atoms with van der Waals surface area (Å²) in [6.45, 7) is 6.76. The van der Waals surface area contributed by atoms with E-state index in [1.807, 2.05) is 37.3 Å². The monoisotopic (exact) mass is 367 g/mol. The largest absolute Gasteiger partial charge is 0.484 e. The molecule has 0 aromatic heterocycles. The van der Waals surface area contributed by atoms with Crippen LogP contribution in [0.25, 0.3) is 0 Å². The molecule has 5 nitrogen and oxygen atoms in total. The van der Waals surface area contributed by atoms with Crippen LogP contribution >= 0.6 is 0 Å². The van der Waals surface area contributed by atoms with E-state index in [9.17, 15) is 4.79 Å². The standard InChI is InChI=1S/C22H29N3O2/c1-18-8-10-20(11-9-18)27-17-22(26)23-16-21(19-6-4-3-5-7-19)25-14-12-24(2)13-15-25/h3-11,21H,12-17H2,1-2H3,(H,23,26). The number of aryl methyl sites for hydroxylation is 1. The molecule has 2 aromatic carbocycles. The number of rotatable bonds is 7. The summed E-state index contributed by atoms with van der Waals surface area (Å²) < 4.78 is 5.59. The minimum Gasteiger partial charge on any atom is -0.484 e. The molecule has 0 radical (unpaired) electrons. The van der Waals surface area contributed by atoms with Crippen LogP contribution in [0.1, 0.15) is 17.2 Å². The number of carbonyl (C=O) groups excluding carboxylic acids is 1. The summed E-state index contributed by atoms with van der Waals surface area (Å²) in [6, 6.07) is 18.3. The molecule has 0 aliphatic carbocycles. The molecule has 1 fully saturated rings. The number of hydrogen-bond donors (Lipinski definition) is 1.